The van der Waals surface area contributed by atoms with Gasteiger partial charge in [0, 0.05) is 11.8 Å². The second-order valence-electron chi connectivity index (χ2n) is 11.3. The molecule has 0 fully saturated rings. The first-order valence-electron chi connectivity index (χ1n) is 15.2. The van der Waals surface area contributed by atoms with E-state index in [1.165, 1.54) is 0 Å². The number of rotatable bonds is 11. The predicted molar refractivity (Wildman–Crippen MR) is 175 cm³/mol. The van der Waals surface area contributed by atoms with E-state index >= 15 is 0 Å². The number of hydrazine groups is 1. The fraction of sp³-hybridized carbons (Fsp3) is 0.243. The second kappa shape index (κ2) is 16.1. The number of benzene rings is 4. The third kappa shape index (κ3) is 9.45. The Morgan fingerprint density at radius 1 is 0.600 bits per heavy atom. The first kappa shape index (κ1) is 32.8. The van der Waals surface area contributed by atoms with Crippen LogP contribution in [0.3, 0.4) is 0 Å². The fourth-order valence-corrected chi connectivity index (χ4v) is 5.07. The minimum atomic E-state index is -1.03. The smallest absolute Gasteiger partial charge is 0.320 e. The fourth-order valence-electron chi connectivity index (χ4n) is 5.07. The zero-order valence-corrected chi connectivity index (χ0v) is 25.7. The lowest BCUT2D eigenvalue weighted by molar-refractivity contribution is -0.145. The van der Waals surface area contributed by atoms with Crippen molar-refractivity contribution in [3.63, 3.8) is 0 Å². The van der Waals surface area contributed by atoms with Crippen molar-refractivity contribution < 1.29 is 19.2 Å². The van der Waals surface area contributed by atoms with E-state index in [2.05, 4.69) is 10.9 Å². The number of carbonyl (C=O) groups is 4. The monoisotopic (exact) mass is 604 g/mol. The maximum Gasteiger partial charge on any atom is 0.349 e. The SMILES string of the molecule is CC(Cc1ccccc1)C(=O)N(C(=O)NNC(=O)C(N)CCc1ccccc1)C(=O)C(C)Cc1ccc(-c2ccccc2)cc1. The lowest BCUT2D eigenvalue weighted by atomic mass is 9.96. The van der Waals surface area contributed by atoms with Crippen LogP contribution in [0.15, 0.2) is 115 Å². The first-order chi connectivity index (χ1) is 21.7. The number of aryl methyl sites for hydroxylation is 1. The van der Waals surface area contributed by atoms with Crippen LogP contribution in [0.2, 0.25) is 0 Å². The number of hydrogen-bond donors (Lipinski definition) is 3. The van der Waals surface area contributed by atoms with E-state index in [0.717, 1.165) is 27.8 Å². The number of hydrogen-bond acceptors (Lipinski definition) is 5. The highest BCUT2D eigenvalue weighted by atomic mass is 16.2. The molecule has 4 rings (SSSR count). The summed E-state index contributed by atoms with van der Waals surface area (Å²) >= 11 is 0. The number of amides is 5. The van der Waals surface area contributed by atoms with Gasteiger partial charge in [-0.25, -0.2) is 10.2 Å². The molecule has 0 saturated carbocycles. The summed E-state index contributed by atoms with van der Waals surface area (Å²) in [7, 11) is 0. The van der Waals surface area contributed by atoms with Gasteiger partial charge in [0.15, 0.2) is 0 Å². The predicted octanol–water partition coefficient (Wildman–Crippen LogP) is 5.47. The Hall–Kier alpha value is -5.08. The van der Waals surface area contributed by atoms with Crippen LogP contribution in [0.1, 0.15) is 37.0 Å². The molecule has 0 bridgehead atoms. The molecule has 8 nitrogen and oxygen atoms in total. The molecule has 0 saturated heterocycles. The van der Waals surface area contributed by atoms with Crippen LogP contribution in [0, 0.1) is 11.8 Å². The van der Waals surface area contributed by atoms with Crippen molar-refractivity contribution in [1.29, 1.82) is 0 Å². The minimum Gasteiger partial charge on any atom is -0.320 e. The Morgan fingerprint density at radius 3 is 1.58 bits per heavy atom. The molecule has 4 N–H and O–H groups in total. The molecule has 0 radical (unpaired) electrons. The van der Waals surface area contributed by atoms with Crippen LogP contribution in [0.5, 0.6) is 0 Å². The molecule has 45 heavy (non-hydrogen) atoms. The van der Waals surface area contributed by atoms with Crippen molar-refractivity contribution >= 4 is 23.8 Å². The second-order valence-corrected chi connectivity index (χ2v) is 11.3. The van der Waals surface area contributed by atoms with Gasteiger partial charge in [-0.15, -0.1) is 0 Å². The summed E-state index contributed by atoms with van der Waals surface area (Å²) < 4.78 is 0. The Kier molecular flexibility index (Phi) is 11.8. The van der Waals surface area contributed by atoms with E-state index < -0.39 is 41.6 Å². The van der Waals surface area contributed by atoms with E-state index in [9.17, 15) is 19.2 Å². The minimum absolute atomic E-state index is 0.314. The molecule has 0 aliphatic carbocycles. The molecule has 5 amide bonds. The number of imide groups is 3. The molecule has 4 aromatic carbocycles. The van der Waals surface area contributed by atoms with E-state index in [1.807, 2.05) is 115 Å². The van der Waals surface area contributed by atoms with Crippen LogP contribution < -0.4 is 16.6 Å². The zero-order chi connectivity index (χ0) is 32.2. The van der Waals surface area contributed by atoms with Gasteiger partial charge in [-0.05, 0) is 53.5 Å². The number of carbonyl (C=O) groups excluding carboxylic acids is 4. The van der Waals surface area contributed by atoms with Gasteiger partial charge in [0.25, 0.3) is 5.91 Å². The zero-order valence-electron chi connectivity index (χ0n) is 25.7. The summed E-state index contributed by atoms with van der Waals surface area (Å²) in [5.41, 5.74) is 15.5. The summed E-state index contributed by atoms with van der Waals surface area (Å²) in [6.45, 7) is 3.36. The average molecular weight is 605 g/mol. The highest BCUT2D eigenvalue weighted by molar-refractivity contribution is 6.11. The number of nitrogens with zero attached hydrogens (tertiary/aromatic N) is 1. The van der Waals surface area contributed by atoms with Crippen molar-refractivity contribution in [2.24, 2.45) is 17.6 Å². The molecular weight excluding hydrogens is 564 g/mol. The number of nitrogens with one attached hydrogen (secondary N) is 2. The van der Waals surface area contributed by atoms with Crippen LogP contribution in [-0.4, -0.2) is 34.7 Å². The molecule has 0 aliphatic rings. The Bertz CT molecular complexity index is 1560. The van der Waals surface area contributed by atoms with Gasteiger partial charge < -0.3 is 5.73 Å². The lowest BCUT2D eigenvalue weighted by Gasteiger charge is -2.26. The van der Waals surface area contributed by atoms with Crippen LogP contribution in [0.4, 0.5) is 4.79 Å². The van der Waals surface area contributed by atoms with E-state index in [-0.39, 0.29) is 0 Å². The maximum absolute atomic E-state index is 13.7. The van der Waals surface area contributed by atoms with Gasteiger partial charge >= 0.3 is 6.03 Å². The summed E-state index contributed by atoms with van der Waals surface area (Å²) in [5.74, 6) is -3.32. The molecule has 0 aliphatic heterocycles. The molecule has 0 spiro atoms. The summed E-state index contributed by atoms with van der Waals surface area (Å²) in [5, 5.41) is 0. The number of urea groups is 1. The normalized spacial score (nSPS) is 12.8. The van der Waals surface area contributed by atoms with Crippen molar-refractivity contribution in [3.05, 3.63) is 132 Å². The van der Waals surface area contributed by atoms with Gasteiger partial charge in [-0.3, -0.25) is 19.8 Å². The van der Waals surface area contributed by atoms with Crippen molar-refractivity contribution in [2.45, 2.75) is 45.6 Å². The van der Waals surface area contributed by atoms with Crippen LogP contribution in [0.25, 0.3) is 11.1 Å². The highest BCUT2D eigenvalue weighted by Gasteiger charge is 2.35. The molecule has 0 heterocycles. The van der Waals surface area contributed by atoms with Crippen LogP contribution >= 0.6 is 0 Å². The lowest BCUT2D eigenvalue weighted by Crippen LogP contribution is -2.57. The summed E-state index contributed by atoms with van der Waals surface area (Å²) in [4.78, 5) is 54.0. The Balaban J connectivity index is 1.43. The topological polar surface area (TPSA) is 122 Å². The van der Waals surface area contributed by atoms with Gasteiger partial charge in [0.2, 0.25) is 11.8 Å². The van der Waals surface area contributed by atoms with E-state index in [0.29, 0.717) is 30.6 Å². The standard InChI is InChI=1S/C37H40N4O4/c1-26(24-29-14-8-4-9-15-29)35(43)41(37(45)40-39-34(42)33(38)23-20-28-12-6-3-7-13-28)36(44)27(2)25-30-18-21-32(22-19-30)31-16-10-5-11-17-31/h3-19,21-22,26-27,33H,20,23-25,38H2,1-2H3,(H,39,42)(H,40,45). The molecule has 0 aromatic heterocycles. The third-order valence-electron chi connectivity index (χ3n) is 7.69. The summed E-state index contributed by atoms with van der Waals surface area (Å²) in [6.07, 6.45) is 1.58. The molecule has 4 aromatic rings. The third-order valence-corrected chi connectivity index (χ3v) is 7.69. The van der Waals surface area contributed by atoms with Gasteiger partial charge in [-0.1, -0.05) is 129 Å². The average Bonchev–Trinajstić information content (AvgIpc) is 3.07. The molecule has 232 valence electrons. The van der Waals surface area contributed by atoms with Gasteiger partial charge in [-0.2, -0.15) is 4.90 Å². The highest BCUT2D eigenvalue weighted by Crippen LogP contribution is 2.22. The van der Waals surface area contributed by atoms with Gasteiger partial charge in [0.1, 0.15) is 0 Å². The quantitative estimate of drug-likeness (QED) is 0.196. The van der Waals surface area contributed by atoms with E-state index in [4.69, 9.17) is 5.73 Å². The molecule has 8 heteroatoms. The summed E-state index contributed by atoms with van der Waals surface area (Å²) in [6, 6.07) is 34.8. The van der Waals surface area contributed by atoms with Crippen molar-refractivity contribution in [2.75, 3.05) is 0 Å². The Labute approximate surface area is 264 Å². The van der Waals surface area contributed by atoms with Gasteiger partial charge in [0.05, 0.1) is 6.04 Å². The molecule has 3 atom stereocenters. The van der Waals surface area contributed by atoms with Crippen molar-refractivity contribution in [3.8, 4) is 11.1 Å². The first-order valence-corrected chi connectivity index (χ1v) is 15.2. The van der Waals surface area contributed by atoms with Crippen LogP contribution in [-0.2, 0) is 33.6 Å². The largest absolute Gasteiger partial charge is 0.349 e. The number of nitrogens with two attached hydrogens (primary N) is 1. The van der Waals surface area contributed by atoms with E-state index in [1.54, 1.807) is 13.8 Å². The Morgan fingerprint density at radius 2 is 1.04 bits per heavy atom. The maximum atomic E-state index is 13.7. The molecule has 3 unspecified atom stereocenters. The van der Waals surface area contributed by atoms with Crippen molar-refractivity contribution in [1.82, 2.24) is 15.8 Å². The molecular formula is C37H40N4O4.